The van der Waals surface area contributed by atoms with Crippen LogP contribution >= 0.6 is 15.9 Å². The number of benzene rings is 2. The number of esters is 1. The summed E-state index contributed by atoms with van der Waals surface area (Å²) in [6.07, 6.45) is 0. The molecule has 0 aliphatic heterocycles. The highest BCUT2D eigenvalue weighted by Crippen LogP contribution is 2.17. The van der Waals surface area contributed by atoms with Crippen molar-refractivity contribution in [3.8, 4) is 5.75 Å². The van der Waals surface area contributed by atoms with Gasteiger partial charge in [-0.25, -0.2) is 17.9 Å². The summed E-state index contributed by atoms with van der Waals surface area (Å²) >= 11 is 3.34. The lowest BCUT2D eigenvalue weighted by atomic mass is 10.2. The lowest BCUT2D eigenvalue weighted by Crippen LogP contribution is -2.23. The zero-order valence-electron chi connectivity index (χ0n) is 13.6. The monoisotopic (exact) mass is 427 g/mol. The Balaban J connectivity index is 1.91. The number of halogens is 1. The van der Waals surface area contributed by atoms with Gasteiger partial charge in [-0.2, -0.15) is 0 Å². The molecule has 2 rings (SSSR count). The minimum Gasteiger partial charge on any atom is -0.490 e. The third-order valence-electron chi connectivity index (χ3n) is 3.10. The second-order valence-corrected chi connectivity index (χ2v) is 7.65. The van der Waals surface area contributed by atoms with Crippen molar-refractivity contribution in [2.24, 2.45) is 0 Å². The van der Waals surface area contributed by atoms with E-state index in [9.17, 15) is 13.2 Å². The molecule has 0 saturated carbocycles. The van der Waals surface area contributed by atoms with Gasteiger partial charge in [-0.15, -0.1) is 0 Å². The normalized spacial score (nSPS) is 11.1. The molecule has 0 aliphatic rings. The summed E-state index contributed by atoms with van der Waals surface area (Å²) in [6, 6.07) is 13.0. The van der Waals surface area contributed by atoms with Crippen LogP contribution < -0.4 is 9.46 Å². The molecule has 0 saturated heterocycles. The van der Waals surface area contributed by atoms with Crippen molar-refractivity contribution in [2.75, 3.05) is 19.8 Å². The molecule has 0 aromatic heterocycles. The lowest BCUT2D eigenvalue weighted by Gasteiger charge is -2.09. The maximum atomic E-state index is 12.0. The summed E-state index contributed by atoms with van der Waals surface area (Å²) in [5.74, 6) is 0.0514. The average molecular weight is 428 g/mol. The minimum absolute atomic E-state index is 0.0224. The van der Waals surface area contributed by atoms with Crippen LogP contribution in [0.15, 0.2) is 57.9 Å². The Morgan fingerprint density at radius 3 is 2.60 bits per heavy atom. The zero-order chi connectivity index (χ0) is 18.3. The SMILES string of the molecule is CCNS(=O)(=O)c1cccc(C(=O)OCCOc2cccc(Br)c2)c1. The molecule has 0 heterocycles. The summed E-state index contributed by atoms with van der Waals surface area (Å²) in [7, 11) is -3.62. The molecule has 0 aliphatic carbocycles. The Morgan fingerprint density at radius 2 is 1.88 bits per heavy atom. The molecule has 0 fully saturated rings. The number of hydrogen-bond donors (Lipinski definition) is 1. The lowest BCUT2D eigenvalue weighted by molar-refractivity contribution is 0.0450. The van der Waals surface area contributed by atoms with E-state index >= 15 is 0 Å². The van der Waals surface area contributed by atoms with Gasteiger partial charge >= 0.3 is 5.97 Å². The maximum Gasteiger partial charge on any atom is 0.338 e. The van der Waals surface area contributed by atoms with Crippen molar-refractivity contribution in [1.29, 1.82) is 0 Å². The van der Waals surface area contributed by atoms with Crippen LogP contribution in [-0.4, -0.2) is 34.1 Å². The predicted molar refractivity (Wildman–Crippen MR) is 97.2 cm³/mol. The third kappa shape index (κ3) is 5.84. The van der Waals surface area contributed by atoms with Gasteiger partial charge in [0, 0.05) is 11.0 Å². The first-order chi connectivity index (χ1) is 11.9. The first kappa shape index (κ1) is 19.4. The van der Waals surface area contributed by atoms with Crippen molar-refractivity contribution in [3.63, 3.8) is 0 Å². The molecule has 1 N–H and O–H groups in total. The van der Waals surface area contributed by atoms with E-state index in [1.54, 1.807) is 19.1 Å². The van der Waals surface area contributed by atoms with E-state index in [-0.39, 0.29) is 30.2 Å². The van der Waals surface area contributed by atoms with Gasteiger partial charge in [-0.3, -0.25) is 0 Å². The Kier molecular flexibility index (Phi) is 6.98. The summed E-state index contributed by atoms with van der Waals surface area (Å²) in [6.45, 7) is 2.19. The van der Waals surface area contributed by atoms with Crippen LogP contribution in [0, 0.1) is 0 Å². The first-order valence-electron chi connectivity index (χ1n) is 7.57. The van der Waals surface area contributed by atoms with Gasteiger partial charge in [0.1, 0.15) is 19.0 Å². The van der Waals surface area contributed by atoms with Crippen molar-refractivity contribution >= 4 is 31.9 Å². The second-order valence-electron chi connectivity index (χ2n) is 4.97. The fraction of sp³-hybridized carbons (Fsp3) is 0.235. The highest BCUT2D eigenvalue weighted by Gasteiger charge is 2.15. The molecule has 0 unspecified atom stereocenters. The standard InChI is InChI=1S/C17H18BrNO5S/c1-2-19-25(21,22)16-8-3-5-13(11-16)17(20)24-10-9-23-15-7-4-6-14(18)12-15/h3-8,11-12,19H,2,9-10H2,1H3. The minimum atomic E-state index is -3.62. The molecule has 2 aromatic carbocycles. The number of nitrogens with one attached hydrogen (secondary N) is 1. The Morgan fingerprint density at radius 1 is 1.12 bits per heavy atom. The van der Waals surface area contributed by atoms with E-state index in [4.69, 9.17) is 9.47 Å². The molecule has 25 heavy (non-hydrogen) atoms. The van der Waals surface area contributed by atoms with E-state index < -0.39 is 16.0 Å². The van der Waals surface area contributed by atoms with Crippen LogP contribution in [-0.2, 0) is 14.8 Å². The van der Waals surface area contributed by atoms with Crippen LogP contribution in [0.3, 0.4) is 0 Å². The summed E-state index contributed by atoms with van der Waals surface area (Å²) in [4.78, 5) is 12.1. The molecule has 2 aromatic rings. The zero-order valence-corrected chi connectivity index (χ0v) is 16.0. The molecule has 0 atom stereocenters. The number of carbonyl (C=O) groups excluding carboxylic acids is 1. The van der Waals surface area contributed by atoms with Gasteiger partial charge in [0.2, 0.25) is 10.0 Å². The van der Waals surface area contributed by atoms with Crippen molar-refractivity contribution in [3.05, 3.63) is 58.6 Å². The van der Waals surface area contributed by atoms with E-state index in [2.05, 4.69) is 20.7 Å². The number of sulfonamides is 1. The van der Waals surface area contributed by atoms with Gasteiger partial charge in [0.15, 0.2) is 0 Å². The molecule has 0 bridgehead atoms. The summed E-state index contributed by atoms with van der Waals surface area (Å²) in [5.41, 5.74) is 0.168. The highest BCUT2D eigenvalue weighted by atomic mass is 79.9. The number of hydrogen-bond acceptors (Lipinski definition) is 5. The molecule has 0 amide bonds. The number of carbonyl (C=O) groups is 1. The maximum absolute atomic E-state index is 12.0. The van der Waals surface area contributed by atoms with E-state index in [1.165, 1.54) is 24.3 Å². The largest absolute Gasteiger partial charge is 0.490 e. The fourth-order valence-electron chi connectivity index (χ4n) is 2.00. The van der Waals surface area contributed by atoms with Gasteiger partial charge < -0.3 is 9.47 Å². The quantitative estimate of drug-likeness (QED) is 0.517. The van der Waals surface area contributed by atoms with Crippen LogP contribution in [0.5, 0.6) is 5.75 Å². The molecule has 8 heteroatoms. The van der Waals surface area contributed by atoms with Gasteiger partial charge in [0.05, 0.1) is 10.5 Å². The van der Waals surface area contributed by atoms with Crippen LogP contribution in [0.4, 0.5) is 0 Å². The van der Waals surface area contributed by atoms with Gasteiger partial charge in [0.25, 0.3) is 0 Å². The molecular weight excluding hydrogens is 410 g/mol. The Hall–Kier alpha value is -1.90. The molecule has 0 spiro atoms. The molecule has 134 valence electrons. The van der Waals surface area contributed by atoms with Crippen LogP contribution in [0.1, 0.15) is 17.3 Å². The summed E-state index contributed by atoms with van der Waals surface area (Å²) < 4.78 is 37.8. The van der Waals surface area contributed by atoms with Crippen LogP contribution in [0.2, 0.25) is 0 Å². The van der Waals surface area contributed by atoms with Crippen molar-refractivity contribution < 1.29 is 22.7 Å². The van der Waals surface area contributed by atoms with Gasteiger partial charge in [-0.1, -0.05) is 35.0 Å². The second kappa shape index (κ2) is 8.98. The summed E-state index contributed by atoms with van der Waals surface area (Å²) in [5, 5.41) is 0. The highest BCUT2D eigenvalue weighted by molar-refractivity contribution is 9.10. The average Bonchev–Trinajstić information content (AvgIpc) is 2.59. The van der Waals surface area contributed by atoms with Crippen molar-refractivity contribution in [1.82, 2.24) is 4.72 Å². The fourth-order valence-corrected chi connectivity index (χ4v) is 3.46. The molecule has 6 nitrogen and oxygen atoms in total. The van der Waals surface area contributed by atoms with E-state index in [0.717, 1.165) is 4.47 Å². The van der Waals surface area contributed by atoms with E-state index in [1.807, 2.05) is 12.1 Å². The first-order valence-corrected chi connectivity index (χ1v) is 9.85. The Bertz CT molecular complexity index is 838. The third-order valence-corrected chi connectivity index (χ3v) is 5.13. The number of rotatable bonds is 8. The topological polar surface area (TPSA) is 81.7 Å². The van der Waals surface area contributed by atoms with Crippen LogP contribution in [0.25, 0.3) is 0 Å². The number of ether oxygens (including phenoxy) is 2. The van der Waals surface area contributed by atoms with E-state index in [0.29, 0.717) is 5.75 Å². The molecular formula is C17H18BrNO5S. The Labute approximate surface area is 155 Å². The van der Waals surface area contributed by atoms with Gasteiger partial charge in [-0.05, 0) is 36.4 Å². The predicted octanol–water partition coefficient (Wildman–Crippen LogP) is 2.98. The van der Waals surface area contributed by atoms with Crippen molar-refractivity contribution in [2.45, 2.75) is 11.8 Å². The smallest absolute Gasteiger partial charge is 0.338 e. The molecule has 0 radical (unpaired) electrons.